The molecule has 4 heteroatoms. The molecule has 0 bridgehead atoms. The van der Waals surface area contributed by atoms with Gasteiger partial charge in [-0.3, -0.25) is 14.5 Å². The maximum absolute atomic E-state index is 12.0. The van der Waals surface area contributed by atoms with E-state index in [1.54, 1.807) is 0 Å². The van der Waals surface area contributed by atoms with Gasteiger partial charge in [0.25, 0.3) is 0 Å². The highest BCUT2D eigenvalue weighted by molar-refractivity contribution is 6.02. The summed E-state index contributed by atoms with van der Waals surface area (Å²) < 4.78 is 0. The third kappa shape index (κ3) is 2.69. The number of amides is 2. The Kier molecular flexibility index (Phi) is 4.00. The normalized spacial score (nSPS) is 33.1. The van der Waals surface area contributed by atoms with E-state index in [1.165, 1.54) is 4.90 Å². The van der Waals surface area contributed by atoms with E-state index in [9.17, 15) is 14.7 Å². The van der Waals surface area contributed by atoms with Crippen molar-refractivity contribution in [1.82, 2.24) is 4.90 Å². The van der Waals surface area contributed by atoms with Gasteiger partial charge in [-0.2, -0.15) is 0 Å². The highest BCUT2D eigenvalue weighted by Gasteiger charge is 2.46. The summed E-state index contributed by atoms with van der Waals surface area (Å²) in [5, 5.41) is 9.92. The standard InChI is InChI=1S/C15H25NO3/c1-4-15(2,3)11-6-5-10(17)9-12(11)16-13(18)7-8-14(16)19/h10-12,17H,4-9H2,1-3H3. The van der Waals surface area contributed by atoms with Crippen molar-refractivity contribution in [1.29, 1.82) is 0 Å². The molecule has 3 unspecified atom stereocenters. The minimum Gasteiger partial charge on any atom is -0.393 e. The summed E-state index contributed by atoms with van der Waals surface area (Å²) >= 11 is 0. The van der Waals surface area contributed by atoms with Crippen molar-refractivity contribution in [3.05, 3.63) is 0 Å². The van der Waals surface area contributed by atoms with Crippen molar-refractivity contribution >= 4 is 11.8 Å². The fourth-order valence-corrected chi connectivity index (χ4v) is 3.55. The molecule has 2 amide bonds. The average molecular weight is 267 g/mol. The summed E-state index contributed by atoms with van der Waals surface area (Å²) in [7, 11) is 0. The first-order valence-corrected chi connectivity index (χ1v) is 7.39. The second-order valence-electron chi connectivity index (χ2n) is 6.64. The molecule has 1 aliphatic heterocycles. The third-order valence-electron chi connectivity index (χ3n) is 5.13. The number of hydrogen-bond donors (Lipinski definition) is 1. The zero-order chi connectivity index (χ0) is 14.2. The predicted octanol–water partition coefficient (Wildman–Crippen LogP) is 2.10. The number of nitrogens with zero attached hydrogens (tertiary/aromatic N) is 1. The van der Waals surface area contributed by atoms with E-state index in [2.05, 4.69) is 20.8 Å². The molecule has 0 aromatic rings. The maximum atomic E-state index is 12.0. The first kappa shape index (κ1) is 14.5. The summed E-state index contributed by atoms with van der Waals surface area (Å²) in [6, 6.07) is -0.110. The van der Waals surface area contributed by atoms with Crippen LogP contribution in [0.3, 0.4) is 0 Å². The Bertz CT molecular complexity index is 362. The molecule has 1 saturated carbocycles. The number of likely N-dealkylation sites (tertiary alicyclic amines) is 1. The zero-order valence-electron chi connectivity index (χ0n) is 12.2. The molecule has 1 N–H and O–H groups in total. The molecule has 1 heterocycles. The van der Waals surface area contributed by atoms with E-state index in [0.29, 0.717) is 25.2 Å². The Morgan fingerprint density at radius 1 is 1.21 bits per heavy atom. The molecular weight excluding hydrogens is 242 g/mol. The largest absolute Gasteiger partial charge is 0.393 e. The summed E-state index contributed by atoms with van der Waals surface area (Å²) in [6.07, 6.45) is 3.53. The number of carbonyl (C=O) groups is 2. The predicted molar refractivity (Wildman–Crippen MR) is 72.3 cm³/mol. The lowest BCUT2D eigenvalue weighted by molar-refractivity contribution is -0.146. The molecule has 1 aliphatic carbocycles. The van der Waals surface area contributed by atoms with Crippen LogP contribution in [0.2, 0.25) is 0 Å². The minimum atomic E-state index is -0.380. The van der Waals surface area contributed by atoms with Crippen molar-refractivity contribution < 1.29 is 14.7 Å². The van der Waals surface area contributed by atoms with Crippen LogP contribution in [-0.2, 0) is 9.59 Å². The molecule has 3 atom stereocenters. The van der Waals surface area contributed by atoms with Gasteiger partial charge in [-0.05, 0) is 30.6 Å². The molecule has 1 saturated heterocycles. The Morgan fingerprint density at radius 3 is 2.32 bits per heavy atom. The second-order valence-corrected chi connectivity index (χ2v) is 6.64. The van der Waals surface area contributed by atoms with Gasteiger partial charge in [0.1, 0.15) is 0 Å². The quantitative estimate of drug-likeness (QED) is 0.797. The van der Waals surface area contributed by atoms with Gasteiger partial charge in [0.05, 0.1) is 6.10 Å². The number of hydrogen-bond acceptors (Lipinski definition) is 3. The molecule has 2 fully saturated rings. The Labute approximate surface area is 115 Å². The minimum absolute atomic E-state index is 0.0546. The van der Waals surface area contributed by atoms with Crippen LogP contribution < -0.4 is 0 Å². The van der Waals surface area contributed by atoms with Gasteiger partial charge in [0, 0.05) is 18.9 Å². The van der Waals surface area contributed by atoms with Crippen LogP contribution in [0.25, 0.3) is 0 Å². The second kappa shape index (κ2) is 5.23. The van der Waals surface area contributed by atoms with Crippen molar-refractivity contribution in [3.8, 4) is 0 Å². The Balaban J connectivity index is 2.26. The van der Waals surface area contributed by atoms with Gasteiger partial charge in [0.15, 0.2) is 0 Å². The van der Waals surface area contributed by atoms with Crippen molar-refractivity contribution in [2.75, 3.05) is 0 Å². The maximum Gasteiger partial charge on any atom is 0.229 e. The van der Waals surface area contributed by atoms with Crippen molar-refractivity contribution in [2.24, 2.45) is 11.3 Å². The fraction of sp³-hybridized carbons (Fsp3) is 0.867. The summed E-state index contributed by atoms with van der Waals surface area (Å²) in [4.78, 5) is 25.4. The van der Waals surface area contributed by atoms with Crippen LogP contribution in [-0.4, -0.2) is 34.0 Å². The lowest BCUT2D eigenvalue weighted by atomic mass is 9.66. The number of aliphatic hydroxyl groups excluding tert-OH is 1. The Hall–Kier alpha value is -0.900. The van der Waals surface area contributed by atoms with E-state index >= 15 is 0 Å². The molecule has 2 rings (SSSR count). The van der Waals surface area contributed by atoms with E-state index in [0.717, 1.165) is 19.3 Å². The molecule has 0 spiro atoms. The molecule has 19 heavy (non-hydrogen) atoms. The molecule has 4 nitrogen and oxygen atoms in total. The molecule has 0 aromatic carbocycles. The molecular formula is C15H25NO3. The highest BCUT2D eigenvalue weighted by Crippen LogP contribution is 2.43. The van der Waals surface area contributed by atoms with Crippen molar-refractivity contribution in [2.45, 2.75) is 71.4 Å². The molecule has 108 valence electrons. The van der Waals surface area contributed by atoms with Crippen LogP contribution in [0, 0.1) is 11.3 Å². The summed E-state index contributed by atoms with van der Waals surface area (Å²) in [5.74, 6) is 0.189. The molecule has 0 aromatic heterocycles. The van der Waals surface area contributed by atoms with Crippen LogP contribution in [0.4, 0.5) is 0 Å². The van der Waals surface area contributed by atoms with Gasteiger partial charge in [0.2, 0.25) is 11.8 Å². The van der Waals surface area contributed by atoms with Gasteiger partial charge in [-0.1, -0.05) is 27.2 Å². The number of imide groups is 1. The number of carbonyl (C=O) groups excluding carboxylic acids is 2. The van der Waals surface area contributed by atoms with E-state index in [4.69, 9.17) is 0 Å². The van der Waals surface area contributed by atoms with Crippen LogP contribution in [0.15, 0.2) is 0 Å². The summed E-state index contributed by atoms with van der Waals surface area (Å²) in [5.41, 5.74) is 0.0912. The lowest BCUT2D eigenvalue weighted by Crippen LogP contribution is -2.52. The number of rotatable bonds is 3. The Morgan fingerprint density at radius 2 is 1.79 bits per heavy atom. The zero-order valence-corrected chi connectivity index (χ0v) is 12.2. The van der Waals surface area contributed by atoms with Crippen LogP contribution in [0.5, 0.6) is 0 Å². The first-order chi connectivity index (χ1) is 8.86. The average Bonchev–Trinajstić information content (AvgIpc) is 2.68. The molecule has 0 radical (unpaired) electrons. The third-order valence-corrected chi connectivity index (χ3v) is 5.13. The van der Waals surface area contributed by atoms with E-state index in [1.807, 2.05) is 0 Å². The topological polar surface area (TPSA) is 57.6 Å². The van der Waals surface area contributed by atoms with Gasteiger partial charge in [-0.25, -0.2) is 0 Å². The van der Waals surface area contributed by atoms with Crippen molar-refractivity contribution in [3.63, 3.8) is 0 Å². The van der Waals surface area contributed by atoms with Gasteiger partial charge < -0.3 is 5.11 Å². The van der Waals surface area contributed by atoms with E-state index < -0.39 is 0 Å². The highest BCUT2D eigenvalue weighted by atomic mass is 16.3. The van der Waals surface area contributed by atoms with Gasteiger partial charge in [-0.15, -0.1) is 0 Å². The fourth-order valence-electron chi connectivity index (χ4n) is 3.55. The SMILES string of the molecule is CCC(C)(C)C1CCC(O)CC1N1C(=O)CCC1=O. The number of aliphatic hydroxyl groups is 1. The molecule has 2 aliphatic rings. The first-order valence-electron chi connectivity index (χ1n) is 7.39. The summed E-state index contributed by atoms with van der Waals surface area (Å²) in [6.45, 7) is 6.55. The monoisotopic (exact) mass is 267 g/mol. The van der Waals surface area contributed by atoms with Crippen LogP contribution in [0.1, 0.15) is 59.3 Å². The van der Waals surface area contributed by atoms with Gasteiger partial charge >= 0.3 is 0 Å². The van der Waals surface area contributed by atoms with E-state index in [-0.39, 0.29) is 29.4 Å². The van der Waals surface area contributed by atoms with Crippen LogP contribution >= 0.6 is 0 Å². The smallest absolute Gasteiger partial charge is 0.229 e. The lowest BCUT2D eigenvalue weighted by Gasteiger charge is -2.46.